The summed E-state index contributed by atoms with van der Waals surface area (Å²) in [4.78, 5) is 30.2. The van der Waals surface area contributed by atoms with Crippen molar-refractivity contribution in [3.63, 3.8) is 0 Å². The average molecular weight is 515 g/mol. The minimum atomic E-state index is -0.242. The average Bonchev–Trinajstić information content (AvgIpc) is 3.63. The van der Waals surface area contributed by atoms with Crippen molar-refractivity contribution >= 4 is 11.9 Å². The van der Waals surface area contributed by atoms with Crippen LogP contribution in [0.5, 0.6) is 0 Å². The van der Waals surface area contributed by atoms with Crippen LogP contribution in [-0.2, 0) is 27.3 Å². The van der Waals surface area contributed by atoms with Crippen LogP contribution in [0.15, 0.2) is 36.7 Å². The fourth-order valence-corrected chi connectivity index (χ4v) is 6.59. The van der Waals surface area contributed by atoms with E-state index in [4.69, 9.17) is 9.47 Å². The van der Waals surface area contributed by atoms with Crippen molar-refractivity contribution in [3.05, 3.63) is 70.0 Å². The van der Waals surface area contributed by atoms with Crippen molar-refractivity contribution in [2.24, 2.45) is 0 Å². The Labute approximate surface area is 220 Å². The van der Waals surface area contributed by atoms with Gasteiger partial charge in [-0.15, -0.1) is 5.10 Å². The molecule has 0 radical (unpaired) electrons. The molecule has 10 nitrogen and oxygen atoms in total. The minimum Gasteiger partial charge on any atom is -0.457 e. The first kappa shape index (κ1) is 23.5. The minimum absolute atomic E-state index is 0.0471. The molecule has 1 amide bonds. The highest BCUT2D eigenvalue weighted by Gasteiger charge is 2.39. The molecule has 3 aliphatic heterocycles. The van der Waals surface area contributed by atoms with Crippen molar-refractivity contribution in [1.82, 2.24) is 30.0 Å². The highest BCUT2D eigenvalue weighted by atomic mass is 16.5. The molecule has 10 heteroatoms. The van der Waals surface area contributed by atoms with Gasteiger partial charge in [-0.1, -0.05) is 12.1 Å². The summed E-state index contributed by atoms with van der Waals surface area (Å²) >= 11 is 0. The monoisotopic (exact) mass is 514 g/mol. The molecule has 0 saturated carbocycles. The van der Waals surface area contributed by atoms with E-state index in [-0.39, 0.29) is 29.9 Å². The lowest BCUT2D eigenvalue weighted by Crippen LogP contribution is -2.60. The number of amides is 1. The zero-order valence-electron chi connectivity index (χ0n) is 21.4. The van der Waals surface area contributed by atoms with E-state index in [9.17, 15) is 9.59 Å². The van der Waals surface area contributed by atoms with Crippen molar-refractivity contribution in [1.29, 1.82) is 0 Å². The van der Waals surface area contributed by atoms with E-state index in [1.165, 1.54) is 5.56 Å². The number of piperazine rings is 1. The normalized spacial score (nSPS) is 24.9. The maximum atomic E-state index is 13.8. The number of cyclic esters (lactones) is 1. The number of benzene rings is 2. The van der Waals surface area contributed by atoms with Crippen molar-refractivity contribution < 1.29 is 19.1 Å². The molecule has 0 N–H and O–H groups in total. The zero-order chi connectivity index (χ0) is 25.8. The SMILES string of the molecule is Cc1c([C@@H]2CN3CCN(C(=O)C4CCCc5cc(-n6cnnn6)ccc54)C[C@H]3CO2)ccc2c1COC2=O. The van der Waals surface area contributed by atoms with Gasteiger partial charge in [0.25, 0.3) is 0 Å². The summed E-state index contributed by atoms with van der Waals surface area (Å²) < 4.78 is 13.2. The summed E-state index contributed by atoms with van der Waals surface area (Å²) in [5.41, 5.74) is 7.12. The number of esters is 1. The number of fused-ring (bicyclic) bond motifs is 3. The molecule has 0 bridgehead atoms. The number of nitrogens with zero attached hydrogens (tertiary/aromatic N) is 6. The third-order valence-electron chi connectivity index (χ3n) is 8.71. The predicted octanol–water partition coefficient (Wildman–Crippen LogP) is 2.35. The number of carbonyl (C=O) groups is 2. The summed E-state index contributed by atoms with van der Waals surface area (Å²) in [6, 6.07) is 10.3. The molecule has 2 aromatic carbocycles. The second-order valence-electron chi connectivity index (χ2n) is 10.7. The van der Waals surface area contributed by atoms with Crippen LogP contribution in [0, 0.1) is 6.92 Å². The van der Waals surface area contributed by atoms with E-state index < -0.39 is 0 Å². The van der Waals surface area contributed by atoms with E-state index in [1.807, 2.05) is 23.1 Å². The molecule has 38 heavy (non-hydrogen) atoms. The number of hydrogen-bond donors (Lipinski definition) is 0. The fourth-order valence-electron chi connectivity index (χ4n) is 6.59. The first-order valence-corrected chi connectivity index (χ1v) is 13.4. The Hall–Kier alpha value is -3.63. The molecular weight excluding hydrogens is 484 g/mol. The van der Waals surface area contributed by atoms with E-state index in [0.717, 1.165) is 66.8 Å². The number of morpholine rings is 1. The van der Waals surface area contributed by atoms with Crippen LogP contribution >= 0.6 is 0 Å². The first-order valence-electron chi connectivity index (χ1n) is 13.4. The van der Waals surface area contributed by atoms with Crippen molar-refractivity contribution in [3.8, 4) is 5.69 Å². The molecule has 3 atom stereocenters. The van der Waals surface area contributed by atoms with Crippen LogP contribution in [-0.4, -0.2) is 80.7 Å². The van der Waals surface area contributed by atoms with Crippen molar-refractivity contribution in [2.75, 3.05) is 32.8 Å². The zero-order valence-corrected chi connectivity index (χ0v) is 21.4. The van der Waals surface area contributed by atoms with Gasteiger partial charge in [-0.05, 0) is 77.1 Å². The number of hydrogen-bond acceptors (Lipinski definition) is 8. The van der Waals surface area contributed by atoms with Gasteiger partial charge in [-0.25, -0.2) is 9.48 Å². The third-order valence-corrected chi connectivity index (χ3v) is 8.71. The van der Waals surface area contributed by atoms with E-state index >= 15 is 0 Å². The Balaban J connectivity index is 1.04. The molecule has 0 spiro atoms. The van der Waals surface area contributed by atoms with Crippen LogP contribution in [0.4, 0.5) is 0 Å². The van der Waals surface area contributed by atoms with Gasteiger partial charge in [-0.3, -0.25) is 9.69 Å². The molecule has 3 aromatic rings. The smallest absolute Gasteiger partial charge is 0.338 e. The molecule has 4 aliphatic rings. The maximum Gasteiger partial charge on any atom is 0.338 e. The molecule has 1 aromatic heterocycles. The van der Waals surface area contributed by atoms with Gasteiger partial charge >= 0.3 is 5.97 Å². The third kappa shape index (κ3) is 3.90. The lowest BCUT2D eigenvalue weighted by molar-refractivity contribution is -0.142. The summed E-state index contributed by atoms with van der Waals surface area (Å²) in [5, 5.41) is 11.5. The quantitative estimate of drug-likeness (QED) is 0.491. The van der Waals surface area contributed by atoms with E-state index in [2.05, 4.69) is 39.5 Å². The second kappa shape index (κ2) is 9.28. The van der Waals surface area contributed by atoms with E-state index in [0.29, 0.717) is 25.3 Å². The van der Waals surface area contributed by atoms with Crippen molar-refractivity contribution in [2.45, 2.75) is 50.9 Å². The number of aryl methyl sites for hydroxylation is 1. The molecule has 1 unspecified atom stereocenters. The highest BCUT2D eigenvalue weighted by molar-refractivity contribution is 5.94. The van der Waals surface area contributed by atoms with Crippen LogP contribution < -0.4 is 0 Å². The Bertz CT molecular complexity index is 1410. The number of aromatic nitrogens is 4. The molecule has 4 heterocycles. The highest BCUT2D eigenvalue weighted by Crippen LogP contribution is 2.36. The lowest BCUT2D eigenvalue weighted by atomic mass is 9.81. The van der Waals surface area contributed by atoms with Crippen LogP contribution in [0.3, 0.4) is 0 Å². The van der Waals surface area contributed by atoms with Crippen LogP contribution in [0.25, 0.3) is 5.69 Å². The number of carbonyl (C=O) groups excluding carboxylic acids is 2. The maximum absolute atomic E-state index is 13.8. The molecule has 2 saturated heterocycles. The van der Waals surface area contributed by atoms with Gasteiger partial charge in [0.15, 0.2) is 0 Å². The Kier molecular flexibility index (Phi) is 5.74. The fraction of sp³-hybridized carbons (Fsp3) is 0.464. The lowest BCUT2D eigenvalue weighted by Gasteiger charge is -2.47. The standard InChI is InChI=1S/C28H30N6O4/c1-17-21(7-8-24-25(17)15-38-28(24)36)26-13-32-9-10-33(12-20(32)14-37-26)27(35)23-4-2-3-18-11-19(5-6-22(18)23)34-16-29-30-31-34/h5-8,11,16,20,23,26H,2-4,9-10,12-15H2,1H3/t20-,23?,26-/m0/s1. The molecular formula is C28H30N6O4. The molecule has 196 valence electrons. The van der Waals surface area contributed by atoms with E-state index in [1.54, 1.807) is 11.0 Å². The Morgan fingerprint density at radius 1 is 1.11 bits per heavy atom. The second-order valence-corrected chi connectivity index (χ2v) is 10.7. The molecule has 7 rings (SSSR count). The van der Waals surface area contributed by atoms with Gasteiger partial charge < -0.3 is 14.4 Å². The van der Waals surface area contributed by atoms with Gasteiger partial charge in [0.2, 0.25) is 5.91 Å². The number of ether oxygens (including phenoxy) is 2. The molecule has 1 aliphatic carbocycles. The summed E-state index contributed by atoms with van der Waals surface area (Å²) in [7, 11) is 0. The van der Waals surface area contributed by atoms with Gasteiger partial charge in [0, 0.05) is 31.7 Å². The largest absolute Gasteiger partial charge is 0.457 e. The number of tetrazole rings is 1. The van der Waals surface area contributed by atoms with Gasteiger partial charge in [-0.2, -0.15) is 0 Å². The Morgan fingerprint density at radius 3 is 2.87 bits per heavy atom. The van der Waals surface area contributed by atoms with Crippen LogP contribution in [0.2, 0.25) is 0 Å². The summed E-state index contributed by atoms with van der Waals surface area (Å²) in [6.07, 6.45) is 4.37. The number of rotatable bonds is 3. The van der Waals surface area contributed by atoms with Gasteiger partial charge in [0.05, 0.1) is 35.9 Å². The topological polar surface area (TPSA) is 103 Å². The first-order chi connectivity index (χ1) is 18.6. The molecule has 2 fully saturated rings. The Morgan fingerprint density at radius 2 is 2.00 bits per heavy atom. The summed E-state index contributed by atoms with van der Waals surface area (Å²) in [5.74, 6) is -0.125. The summed E-state index contributed by atoms with van der Waals surface area (Å²) in [6.45, 7) is 6.00. The van der Waals surface area contributed by atoms with Gasteiger partial charge in [0.1, 0.15) is 12.9 Å². The van der Waals surface area contributed by atoms with Crippen LogP contribution in [0.1, 0.15) is 63.0 Å². The predicted molar refractivity (Wildman–Crippen MR) is 136 cm³/mol.